The zero-order valence-corrected chi connectivity index (χ0v) is 16.6. The number of carbonyl (C=O) groups excluding carboxylic acids is 3. The summed E-state index contributed by atoms with van der Waals surface area (Å²) in [6, 6.07) is 11.0. The van der Waals surface area contributed by atoms with Gasteiger partial charge < -0.3 is 24.8 Å². The number of aromatic nitrogens is 1. The number of hydrogen-bond acceptors (Lipinski definition) is 6. The van der Waals surface area contributed by atoms with Crippen molar-refractivity contribution in [1.29, 1.82) is 0 Å². The van der Waals surface area contributed by atoms with Gasteiger partial charge in [-0.3, -0.25) is 14.4 Å². The Labute approximate surface area is 169 Å². The summed E-state index contributed by atoms with van der Waals surface area (Å²) in [6.45, 7) is 2.65. The van der Waals surface area contributed by atoms with E-state index >= 15 is 0 Å². The van der Waals surface area contributed by atoms with E-state index in [1.54, 1.807) is 20.1 Å². The van der Waals surface area contributed by atoms with E-state index in [4.69, 9.17) is 9.26 Å². The molecule has 1 aromatic heterocycles. The Morgan fingerprint density at radius 1 is 1.14 bits per heavy atom. The van der Waals surface area contributed by atoms with Crippen molar-refractivity contribution >= 4 is 23.5 Å². The molecule has 9 nitrogen and oxygen atoms in total. The summed E-state index contributed by atoms with van der Waals surface area (Å²) in [7, 11) is 1.54. The van der Waals surface area contributed by atoms with E-state index < -0.39 is 0 Å². The number of nitrogens with one attached hydrogen (secondary N) is 2. The quantitative estimate of drug-likeness (QED) is 0.551. The fraction of sp³-hybridized carbons (Fsp3) is 0.400. The van der Waals surface area contributed by atoms with Crippen molar-refractivity contribution in [2.24, 2.45) is 0 Å². The molecule has 0 bridgehead atoms. The summed E-state index contributed by atoms with van der Waals surface area (Å²) < 4.78 is 9.79. The molecule has 1 aromatic carbocycles. The summed E-state index contributed by atoms with van der Waals surface area (Å²) in [5.41, 5.74) is 0.896. The number of ether oxygens (including phenoxy) is 1. The first-order chi connectivity index (χ1) is 14.0. The van der Waals surface area contributed by atoms with Gasteiger partial charge in [0.05, 0.1) is 13.2 Å². The number of nitrogens with zero attached hydrogens (tertiary/aromatic N) is 2. The minimum absolute atomic E-state index is 0.0265. The lowest BCUT2D eigenvalue weighted by molar-refractivity contribution is -0.137. The average Bonchev–Trinajstić information content (AvgIpc) is 3.11. The van der Waals surface area contributed by atoms with Crippen LogP contribution >= 0.6 is 0 Å². The molecule has 2 rings (SSSR count). The first-order valence-electron chi connectivity index (χ1n) is 9.28. The molecule has 0 aliphatic rings. The van der Waals surface area contributed by atoms with Crippen molar-refractivity contribution in [3.63, 3.8) is 0 Å². The summed E-state index contributed by atoms with van der Waals surface area (Å²) in [5, 5.41) is 8.96. The maximum atomic E-state index is 12.7. The van der Waals surface area contributed by atoms with Crippen LogP contribution in [-0.2, 0) is 25.7 Å². The van der Waals surface area contributed by atoms with Crippen molar-refractivity contribution in [2.45, 2.75) is 26.3 Å². The topological polar surface area (TPSA) is 114 Å². The van der Waals surface area contributed by atoms with Crippen LogP contribution in [0.3, 0.4) is 0 Å². The third-order valence-electron chi connectivity index (χ3n) is 3.99. The molecule has 9 heteroatoms. The number of hydrogen-bond donors (Lipinski definition) is 2. The number of anilines is 1. The monoisotopic (exact) mass is 402 g/mol. The molecule has 29 heavy (non-hydrogen) atoms. The van der Waals surface area contributed by atoms with Gasteiger partial charge in [-0.05, 0) is 12.5 Å². The molecule has 0 aliphatic heterocycles. The predicted molar refractivity (Wildman–Crippen MR) is 106 cm³/mol. The molecule has 0 saturated heterocycles. The Balaban J connectivity index is 1.91. The number of methoxy groups -OCH3 is 1. The second-order valence-corrected chi connectivity index (χ2v) is 6.45. The highest BCUT2D eigenvalue weighted by Crippen LogP contribution is 2.10. The lowest BCUT2D eigenvalue weighted by Crippen LogP contribution is -2.41. The minimum atomic E-state index is -0.351. The van der Waals surface area contributed by atoms with Crippen LogP contribution in [0.15, 0.2) is 40.9 Å². The molecule has 2 aromatic rings. The molecule has 0 aliphatic carbocycles. The molecular formula is C20H26N4O5. The maximum absolute atomic E-state index is 12.7. The van der Waals surface area contributed by atoms with Crippen LogP contribution in [0.2, 0.25) is 0 Å². The standard InChI is InChI=1S/C20H26N4O5/c1-15-12-17(23-29-15)22-18(25)8-9-20(27)24(13-16-6-4-3-5-7-16)14-19(26)21-10-11-28-2/h3-7,12H,8-11,13-14H2,1-2H3,(H,21,26)(H,22,23,25). The number of rotatable bonds is 11. The van der Waals surface area contributed by atoms with E-state index in [1.807, 2.05) is 30.3 Å². The van der Waals surface area contributed by atoms with Gasteiger partial charge in [0, 0.05) is 39.1 Å². The van der Waals surface area contributed by atoms with E-state index in [-0.39, 0.29) is 43.7 Å². The van der Waals surface area contributed by atoms with Gasteiger partial charge in [-0.15, -0.1) is 0 Å². The Kier molecular flexibility index (Phi) is 8.84. The van der Waals surface area contributed by atoms with Crippen LogP contribution in [0.1, 0.15) is 24.2 Å². The van der Waals surface area contributed by atoms with Crippen molar-refractivity contribution in [2.75, 3.05) is 32.1 Å². The molecule has 0 atom stereocenters. The summed E-state index contributed by atoms with van der Waals surface area (Å²) in [6.07, 6.45) is -0.0534. The smallest absolute Gasteiger partial charge is 0.239 e. The zero-order valence-electron chi connectivity index (χ0n) is 16.6. The molecule has 0 unspecified atom stereocenters. The van der Waals surface area contributed by atoms with Gasteiger partial charge in [-0.1, -0.05) is 35.5 Å². The fourth-order valence-corrected chi connectivity index (χ4v) is 2.57. The van der Waals surface area contributed by atoms with Gasteiger partial charge in [0.15, 0.2) is 5.82 Å². The van der Waals surface area contributed by atoms with Crippen molar-refractivity contribution in [3.8, 4) is 0 Å². The fourth-order valence-electron chi connectivity index (χ4n) is 2.57. The van der Waals surface area contributed by atoms with Crippen LogP contribution in [0.25, 0.3) is 0 Å². The highest BCUT2D eigenvalue weighted by atomic mass is 16.5. The van der Waals surface area contributed by atoms with Gasteiger partial charge in [-0.25, -0.2) is 0 Å². The Morgan fingerprint density at radius 2 is 1.90 bits per heavy atom. The SMILES string of the molecule is COCCNC(=O)CN(Cc1ccccc1)C(=O)CCC(=O)Nc1cc(C)on1. The van der Waals surface area contributed by atoms with Crippen LogP contribution in [0, 0.1) is 6.92 Å². The molecule has 3 amide bonds. The number of aryl methyl sites for hydroxylation is 1. The van der Waals surface area contributed by atoms with Crippen LogP contribution in [0.5, 0.6) is 0 Å². The molecular weight excluding hydrogens is 376 g/mol. The molecule has 1 heterocycles. The highest BCUT2D eigenvalue weighted by molar-refractivity contribution is 5.93. The lowest BCUT2D eigenvalue weighted by atomic mass is 10.2. The average molecular weight is 402 g/mol. The van der Waals surface area contributed by atoms with Gasteiger partial charge in [0.25, 0.3) is 0 Å². The Hall–Kier alpha value is -3.20. The summed E-state index contributed by atoms with van der Waals surface area (Å²) >= 11 is 0. The first kappa shape index (κ1) is 22.1. The molecule has 0 saturated carbocycles. The van der Waals surface area contributed by atoms with Crippen LogP contribution < -0.4 is 10.6 Å². The Morgan fingerprint density at radius 3 is 2.55 bits per heavy atom. The van der Waals surface area contributed by atoms with Gasteiger partial charge in [0.1, 0.15) is 5.76 Å². The largest absolute Gasteiger partial charge is 0.383 e. The van der Waals surface area contributed by atoms with Gasteiger partial charge in [-0.2, -0.15) is 0 Å². The summed E-state index contributed by atoms with van der Waals surface area (Å²) in [4.78, 5) is 38.3. The third kappa shape index (κ3) is 8.14. The van der Waals surface area contributed by atoms with E-state index in [2.05, 4.69) is 15.8 Å². The molecule has 0 radical (unpaired) electrons. The highest BCUT2D eigenvalue weighted by Gasteiger charge is 2.19. The number of amides is 3. The zero-order chi connectivity index (χ0) is 21.1. The van der Waals surface area contributed by atoms with E-state index in [9.17, 15) is 14.4 Å². The molecule has 2 N–H and O–H groups in total. The van der Waals surface area contributed by atoms with Crippen LogP contribution in [-0.4, -0.2) is 54.6 Å². The maximum Gasteiger partial charge on any atom is 0.239 e. The van der Waals surface area contributed by atoms with E-state index in [1.165, 1.54) is 4.90 Å². The van der Waals surface area contributed by atoms with E-state index in [0.29, 0.717) is 24.7 Å². The number of benzene rings is 1. The summed E-state index contributed by atoms with van der Waals surface area (Å²) in [5.74, 6) is -0.0459. The first-order valence-corrected chi connectivity index (χ1v) is 9.28. The van der Waals surface area contributed by atoms with Crippen LogP contribution in [0.4, 0.5) is 5.82 Å². The molecule has 0 spiro atoms. The van der Waals surface area contributed by atoms with Gasteiger partial charge >= 0.3 is 0 Å². The second-order valence-electron chi connectivity index (χ2n) is 6.45. The normalized spacial score (nSPS) is 10.4. The van der Waals surface area contributed by atoms with Crippen molar-refractivity contribution in [3.05, 3.63) is 47.7 Å². The van der Waals surface area contributed by atoms with Crippen molar-refractivity contribution in [1.82, 2.24) is 15.4 Å². The molecule has 156 valence electrons. The minimum Gasteiger partial charge on any atom is -0.383 e. The van der Waals surface area contributed by atoms with Gasteiger partial charge in [0.2, 0.25) is 17.7 Å². The number of carbonyl (C=O) groups is 3. The van der Waals surface area contributed by atoms with Crippen molar-refractivity contribution < 1.29 is 23.6 Å². The van der Waals surface area contributed by atoms with E-state index in [0.717, 1.165) is 5.56 Å². The third-order valence-corrected chi connectivity index (χ3v) is 3.99. The predicted octanol–water partition coefficient (Wildman–Crippen LogP) is 1.49. The second kappa shape index (κ2) is 11.6. The molecule has 0 fully saturated rings. The lowest BCUT2D eigenvalue weighted by Gasteiger charge is -2.22. The Bertz CT molecular complexity index is 806.